The van der Waals surface area contributed by atoms with Crippen LogP contribution in [-0.2, 0) is 16.1 Å². The standard InChI is InChI=1S/C22H26ClN3O4/c1-3-30-22-18(23)12-16(13-19(22)28-2)5-7-21(27)25-15-17-4-6-20(24-14-17)26-8-10-29-11-9-26/h4-7,12-14H,3,8-11,15H2,1-2H3,(H,25,27)/b7-5+. The normalized spacial score (nSPS) is 14.0. The smallest absolute Gasteiger partial charge is 0.244 e. The summed E-state index contributed by atoms with van der Waals surface area (Å²) >= 11 is 6.26. The minimum Gasteiger partial charge on any atom is -0.493 e. The number of carbonyl (C=O) groups is 1. The molecule has 0 aliphatic carbocycles. The van der Waals surface area contributed by atoms with E-state index in [1.54, 1.807) is 31.5 Å². The predicted molar refractivity (Wildman–Crippen MR) is 117 cm³/mol. The SMILES string of the molecule is CCOc1c(Cl)cc(/C=C/C(=O)NCc2ccc(N3CCOCC3)nc2)cc1OC. The van der Waals surface area contributed by atoms with E-state index in [0.29, 0.717) is 29.7 Å². The maximum atomic E-state index is 12.2. The third kappa shape index (κ3) is 5.87. The molecule has 1 amide bonds. The van der Waals surface area contributed by atoms with Gasteiger partial charge < -0.3 is 24.4 Å². The molecular weight excluding hydrogens is 406 g/mol. The monoisotopic (exact) mass is 431 g/mol. The summed E-state index contributed by atoms with van der Waals surface area (Å²) in [5.41, 5.74) is 1.67. The highest BCUT2D eigenvalue weighted by atomic mass is 35.5. The van der Waals surface area contributed by atoms with Gasteiger partial charge in [0.15, 0.2) is 11.5 Å². The zero-order valence-electron chi connectivity index (χ0n) is 17.2. The number of amides is 1. The minimum absolute atomic E-state index is 0.212. The number of rotatable bonds is 8. The first kappa shape index (κ1) is 21.9. The Bertz CT molecular complexity index is 881. The Balaban J connectivity index is 1.55. The molecule has 0 atom stereocenters. The van der Waals surface area contributed by atoms with Crippen LogP contribution in [0.2, 0.25) is 5.02 Å². The minimum atomic E-state index is -0.212. The molecular formula is C22H26ClN3O4. The van der Waals surface area contributed by atoms with E-state index in [1.165, 1.54) is 6.08 Å². The van der Waals surface area contributed by atoms with Crippen LogP contribution in [0.5, 0.6) is 11.5 Å². The van der Waals surface area contributed by atoms with Crippen molar-refractivity contribution in [2.75, 3.05) is 44.9 Å². The van der Waals surface area contributed by atoms with Crippen molar-refractivity contribution in [2.45, 2.75) is 13.5 Å². The van der Waals surface area contributed by atoms with Crippen LogP contribution in [-0.4, -0.2) is 50.9 Å². The van der Waals surface area contributed by atoms with Crippen LogP contribution < -0.4 is 19.7 Å². The van der Waals surface area contributed by atoms with E-state index in [0.717, 1.165) is 43.2 Å². The average Bonchev–Trinajstić information content (AvgIpc) is 2.78. The van der Waals surface area contributed by atoms with E-state index in [2.05, 4.69) is 15.2 Å². The van der Waals surface area contributed by atoms with Gasteiger partial charge in [-0.2, -0.15) is 0 Å². The van der Waals surface area contributed by atoms with Gasteiger partial charge in [-0.1, -0.05) is 17.7 Å². The number of carbonyl (C=O) groups excluding carboxylic acids is 1. The van der Waals surface area contributed by atoms with Crippen LogP contribution in [0, 0.1) is 0 Å². The Labute approximate surface area is 181 Å². The van der Waals surface area contributed by atoms with Crippen LogP contribution in [0.4, 0.5) is 5.82 Å². The van der Waals surface area contributed by atoms with E-state index < -0.39 is 0 Å². The van der Waals surface area contributed by atoms with Crippen molar-refractivity contribution in [1.29, 1.82) is 0 Å². The molecule has 0 radical (unpaired) electrons. The van der Waals surface area contributed by atoms with Crippen molar-refractivity contribution >= 4 is 29.4 Å². The second-order valence-electron chi connectivity index (χ2n) is 6.64. The summed E-state index contributed by atoms with van der Waals surface area (Å²) in [6, 6.07) is 7.44. The molecule has 0 unspecified atom stereocenters. The Hall–Kier alpha value is -2.77. The van der Waals surface area contributed by atoms with Crippen LogP contribution in [0.25, 0.3) is 6.08 Å². The number of aromatic nitrogens is 1. The van der Waals surface area contributed by atoms with Crippen molar-refractivity contribution in [3.63, 3.8) is 0 Å². The van der Waals surface area contributed by atoms with Gasteiger partial charge in [-0.3, -0.25) is 4.79 Å². The second-order valence-corrected chi connectivity index (χ2v) is 7.05. The molecule has 7 nitrogen and oxygen atoms in total. The largest absolute Gasteiger partial charge is 0.493 e. The highest BCUT2D eigenvalue weighted by Crippen LogP contribution is 2.36. The molecule has 8 heteroatoms. The van der Waals surface area contributed by atoms with Crippen LogP contribution in [0.3, 0.4) is 0 Å². The lowest BCUT2D eigenvalue weighted by Gasteiger charge is -2.27. The molecule has 1 aliphatic rings. The van der Waals surface area contributed by atoms with Gasteiger partial charge >= 0.3 is 0 Å². The summed E-state index contributed by atoms with van der Waals surface area (Å²) in [4.78, 5) is 18.9. The van der Waals surface area contributed by atoms with E-state index in [9.17, 15) is 4.79 Å². The molecule has 1 aliphatic heterocycles. The van der Waals surface area contributed by atoms with Crippen molar-refractivity contribution < 1.29 is 19.0 Å². The fraction of sp³-hybridized carbons (Fsp3) is 0.364. The van der Waals surface area contributed by atoms with Gasteiger partial charge in [-0.15, -0.1) is 0 Å². The Morgan fingerprint density at radius 1 is 1.33 bits per heavy atom. The topological polar surface area (TPSA) is 72.9 Å². The number of halogens is 1. The molecule has 0 saturated carbocycles. The van der Waals surface area contributed by atoms with Gasteiger partial charge in [0.25, 0.3) is 0 Å². The number of pyridine rings is 1. The van der Waals surface area contributed by atoms with Crippen molar-refractivity contribution in [3.8, 4) is 11.5 Å². The first-order chi connectivity index (χ1) is 14.6. The van der Waals surface area contributed by atoms with Gasteiger partial charge in [-0.05, 0) is 42.3 Å². The molecule has 1 aromatic heterocycles. The van der Waals surface area contributed by atoms with Crippen LogP contribution in [0.15, 0.2) is 36.5 Å². The second kappa shape index (κ2) is 10.8. The number of hydrogen-bond donors (Lipinski definition) is 1. The third-order valence-electron chi connectivity index (χ3n) is 4.58. The lowest BCUT2D eigenvalue weighted by Crippen LogP contribution is -2.36. The molecule has 3 rings (SSSR count). The van der Waals surface area contributed by atoms with Gasteiger partial charge in [0.1, 0.15) is 5.82 Å². The van der Waals surface area contributed by atoms with Crippen molar-refractivity contribution in [2.24, 2.45) is 0 Å². The number of morpholine rings is 1. The first-order valence-electron chi connectivity index (χ1n) is 9.84. The van der Waals surface area contributed by atoms with Gasteiger partial charge in [-0.25, -0.2) is 4.98 Å². The molecule has 0 bridgehead atoms. The lowest BCUT2D eigenvalue weighted by molar-refractivity contribution is -0.116. The van der Waals surface area contributed by atoms with E-state index in [-0.39, 0.29) is 5.91 Å². The quantitative estimate of drug-likeness (QED) is 0.646. The summed E-state index contributed by atoms with van der Waals surface area (Å²) in [5.74, 6) is 1.73. The molecule has 1 N–H and O–H groups in total. The number of methoxy groups -OCH3 is 1. The summed E-state index contributed by atoms with van der Waals surface area (Å²) in [6.45, 7) is 5.87. The summed E-state index contributed by atoms with van der Waals surface area (Å²) < 4.78 is 16.2. The number of nitrogens with zero attached hydrogens (tertiary/aromatic N) is 2. The zero-order valence-corrected chi connectivity index (χ0v) is 17.9. The number of nitrogens with one attached hydrogen (secondary N) is 1. The molecule has 2 aromatic rings. The molecule has 1 fully saturated rings. The van der Waals surface area contributed by atoms with Gasteiger partial charge in [0.2, 0.25) is 5.91 Å². The Morgan fingerprint density at radius 2 is 2.13 bits per heavy atom. The van der Waals surface area contributed by atoms with Crippen LogP contribution >= 0.6 is 11.6 Å². The maximum absolute atomic E-state index is 12.2. The molecule has 0 spiro atoms. The summed E-state index contributed by atoms with van der Waals surface area (Å²) in [5, 5.41) is 3.29. The maximum Gasteiger partial charge on any atom is 0.244 e. The predicted octanol–water partition coefficient (Wildman–Crippen LogP) is 3.31. The molecule has 160 valence electrons. The van der Waals surface area contributed by atoms with Crippen molar-refractivity contribution in [1.82, 2.24) is 10.3 Å². The Morgan fingerprint density at radius 3 is 2.80 bits per heavy atom. The average molecular weight is 432 g/mol. The summed E-state index contributed by atoms with van der Waals surface area (Å²) in [7, 11) is 1.55. The van der Waals surface area contributed by atoms with E-state index >= 15 is 0 Å². The Kier molecular flexibility index (Phi) is 7.93. The highest BCUT2D eigenvalue weighted by molar-refractivity contribution is 6.32. The molecule has 30 heavy (non-hydrogen) atoms. The number of ether oxygens (including phenoxy) is 3. The summed E-state index contributed by atoms with van der Waals surface area (Å²) in [6.07, 6.45) is 4.92. The fourth-order valence-corrected chi connectivity index (χ4v) is 3.31. The van der Waals surface area contributed by atoms with E-state index in [1.807, 2.05) is 19.1 Å². The molecule has 1 saturated heterocycles. The van der Waals surface area contributed by atoms with Crippen molar-refractivity contribution in [3.05, 3.63) is 52.7 Å². The fourth-order valence-electron chi connectivity index (χ4n) is 3.04. The van der Waals surface area contributed by atoms with Crippen LogP contribution in [0.1, 0.15) is 18.1 Å². The molecule has 2 heterocycles. The number of anilines is 1. The highest BCUT2D eigenvalue weighted by Gasteiger charge is 2.12. The number of benzene rings is 1. The van der Waals surface area contributed by atoms with Gasteiger partial charge in [0, 0.05) is 31.9 Å². The van der Waals surface area contributed by atoms with E-state index in [4.69, 9.17) is 25.8 Å². The third-order valence-corrected chi connectivity index (χ3v) is 4.86. The molecule has 1 aromatic carbocycles. The zero-order chi connectivity index (χ0) is 21.3. The number of hydrogen-bond acceptors (Lipinski definition) is 6. The first-order valence-corrected chi connectivity index (χ1v) is 10.2. The lowest BCUT2D eigenvalue weighted by atomic mass is 10.2. The van der Waals surface area contributed by atoms with Gasteiger partial charge in [0.05, 0.1) is 32.0 Å².